The number of hydrogen-bond donors (Lipinski definition) is 1. The van der Waals surface area contributed by atoms with Crippen molar-refractivity contribution in [2.75, 3.05) is 24.1 Å². The van der Waals surface area contributed by atoms with E-state index in [-0.39, 0.29) is 23.3 Å². The predicted molar refractivity (Wildman–Crippen MR) is 132 cm³/mol. The number of anilines is 1. The highest BCUT2D eigenvalue weighted by molar-refractivity contribution is 7.99. The van der Waals surface area contributed by atoms with Crippen molar-refractivity contribution in [3.63, 3.8) is 0 Å². The summed E-state index contributed by atoms with van der Waals surface area (Å²) in [5.74, 6) is 1.75. The molecule has 1 aliphatic heterocycles. The van der Waals surface area contributed by atoms with E-state index >= 15 is 0 Å². The molecule has 0 aliphatic carbocycles. The lowest BCUT2D eigenvalue weighted by molar-refractivity contribution is -0.113. The fraction of sp³-hybridized carbons (Fsp3) is 0.125. The van der Waals surface area contributed by atoms with Gasteiger partial charge in [-0.3, -0.25) is 9.36 Å². The second-order valence-electron chi connectivity index (χ2n) is 7.68. The number of aromatic nitrogens is 3. The van der Waals surface area contributed by atoms with Crippen LogP contribution in [0.25, 0.3) is 17.1 Å². The fourth-order valence-electron chi connectivity index (χ4n) is 3.51. The van der Waals surface area contributed by atoms with Gasteiger partial charge < -0.3 is 14.8 Å². The average molecular weight is 509 g/mol. The Morgan fingerprint density at radius 3 is 2.49 bits per heavy atom. The zero-order chi connectivity index (χ0) is 24.4. The summed E-state index contributed by atoms with van der Waals surface area (Å²) in [6.45, 7) is 0.178. The number of carbonyl (C=O) groups is 1. The normalized spacial score (nSPS) is 12.5. The topological polar surface area (TPSA) is 112 Å². The monoisotopic (exact) mass is 508 g/mol. The number of benzene rings is 3. The van der Waals surface area contributed by atoms with Gasteiger partial charge in [0.25, 0.3) is 0 Å². The highest BCUT2D eigenvalue weighted by Crippen LogP contribution is 2.37. The minimum Gasteiger partial charge on any atom is -0.454 e. The van der Waals surface area contributed by atoms with Crippen molar-refractivity contribution < 1.29 is 22.7 Å². The lowest BCUT2D eigenvalue weighted by atomic mass is 10.2. The molecular formula is C24H20N4O5S2. The zero-order valence-corrected chi connectivity index (χ0v) is 20.2. The maximum absolute atomic E-state index is 12.6. The van der Waals surface area contributed by atoms with Crippen LogP contribution >= 0.6 is 11.8 Å². The quantitative estimate of drug-likeness (QED) is 0.375. The van der Waals surface area contributed by atoms with E-state index in [1.807, 2.05) is 53.1 Å². The Bertz CT molecular complexity index is 1490. The molecule has 0 saturated heterocycles. The molecule has 0 radical (unpaired) electrons. The first kappa shape index (κ1) is 22.9. The second kappa shape index (κ2) is 9.43. The van der Waals surface area contributed by atoms with E-state index in [0.717, 1.165) is 17.5 Å². The van der Waals surface area contributed by atoms with Crippen LogP contribution in [-0.2, 0) is 14.6 Å². The first-order valence-corrected chi connectivity index (χ1v) is 13.4. The van der Waals surface area contributed by atoms with E-state index in [9.17, 15) is 13.2 Å². The van der Waals surface area contributed by atoms with Crippen LogP contribution < -0.4 is 14.8 Å². The molecule has 0 spiro atoms. The van der Waals surface area contributed by atoms with E-state index < -0.39 is 9.84 Å². The summed E-state index contributed by atoms with van der Waals surface area (Å²) in [4.78, 5) is 12.8. The van der Waals surface area contributed by atoms with E-state index in [1.54, 1.807) is 12.1 Å². The van der Waals surface area contributed by atoms with E-state index in [2.05, 4.69) is 15.5 Å². The molecule has 2 heterocycles. The molecule has 4 aromatic rings. The van der Waals surface area contributed by atoms with Crippen molar-refractivity contribution in [2.24, 2.45) is 0 Å². The van der Waals surface area contributed by atoms with E-state index in [1.165, 1.54) is 23.9 Å². The summed E-state index contributed by atoms with van der Waals surface area (Å²) in [5.41, 5.74) is 2.16. The molecule has 1 aliphatic rings. The first-order valence-electron chi connectivity index (χ1n) is 10.5. The SMILES string of the molecule is CS(=O)(=O)c1ccc(NC(=O)CSc2nnc(-c3ccc4c(c3)OCO4)n2-c2ccccc2)cc1. The van der Waals surface area contributed by atoms with Crippen molar-refractivity contribution in [1.29, 1.82) is 0 Å². The number of fused-ring (bicyclic) bond motifs is 1. The van der Waals surface area contributed by atoms with Gasteiger partial charge in [-0.25, -0.2) is 8.42 Å². The number of nitrogens with zero attached hydrogens (tertiary/aromatic N) is 3. The highest BCUT2D eigenvalue weighted by atomic mass is 32.2. The van der Waals surface area contributed by atoms with Gasteiger partial charge in [0.05, 0.1) is 10.6 Å². The molecule has 0 atom stereocenters. The smallest absolute Gasteiger partial charge is 0.234 e. The molecule has 3 aromatic carbocycles. The Balaban J connectivity index is 1.37. The van der Waals surface area contributed by atoms with Gasteiger partial charge in [0.15, 0.2) is 32.3 Å². The number of sulfone groups is 1. The number of nitrogens with one attached hydrogen (secondary N) is 1. The van der Waals surface area contributed by atoms with Crippen LogP contribution in [-0.4, -0.2) is 47.9 Å². The number of para-hydroxylation sites is 1. The van der Waals surface area contributed by atoms with Crippen LogP contribution in [0.3, 0.4) is 0 Å². The Morgan fingerprint density at radius 1 is 1.00 bits per heavy atom. The molecule has 178 valence electrons. The molecule has 0 fully saturated rings. The predicted octanol–water partition coefficient (Wildman–Crippen LogP) is 3.80. The zero-order valence-electron chi connectivity index (χ0n) is 18.5. The third-order valence-corrected chi connectivity index (χ3v) is 7.23. The van der Waals surface area contributed by atoms with Crippen molar-refractivity contribution in [3.05, 3.63) is 72.8 Å². The van der Waals surface area contributed by atoms with Crippen LogP contribution in [0.15, 0.2) is 82.8 Å². The fourth-order valence-corrected chi connectivity index (χ4v) is 4.89. The minimum atomic E-state index is -3.30. The Kier molecular flexibility index (Phi) is 6.18. The molecule has 35 heavy (non-hydrogen) atoms. The number of rotatable bonds is 7. The van der Waals surface area contributed by atoms with E-state index in [4.69, 9.17) is 9.47 Å². The van der Waals surface area contributed by atoms with Gasteiger partial charge in [-0.05, 0) is 54.6 Å². The second-order valence-corrected chi connectivity index (χ2v) is 10.6. The maximum Gasteiger partial charge on any atom is 0.234 e. The summed E-state index contributed by atoms with van der Waals surface area (Å²) in [5, 5.41) is 12.0. The number of hydrogen-bond acceptors (Lipinski definition) is 8. The molecule has 1 aromatic heterocycles. The number of thioether (sulfide) groups is 1. The summed E-state index contributed by atoms with van der Waals surface area (Å²) in [7, 11) is -3.30. The van der Waals surface area contributed by atoms with Crippen molar-refractivity contribution in [2.45, 2.75) is 10.1 Å². The van der Waals surface area contributed by atoms with Crippen LogP contribution in [0.4, 0.5) is 5.69 Å². The highest BCUT2D eigenvalue weighted by Gasteiger charge is 2.20. The number of carbonyl (C=O) groups excluding carboxylic acids is 1. The summed E-state index contributed by atoms with van der Waals surface area (Å²) >= 11 is 1.24. The van der Waals surface area contributed by atoms with Crippen LogP contribution in [0.1, 0.15) is 0 Å². The standard InChI is InChI=1S/C24H20N4O5S2/c1-35(30,31)19-10-8-17(9-11-19)25-22(29)14-34-24-27-26-23(28(24)18-5-3-2-4-6-18)16-7-12-20-21(13-16)33-15-32-20/h2-13H,14-15H2,1H3,(H,25,29). The summed E-state index contributed by atoms with van der Waals surface area (Å²) in [6.07, 6.45) is 1.14. The third-order valence-electron chi connectivity index (χ3n) is 5.18. The molecule has 0 saturated carbocycles. The molecule has 0 bridgehead atoms. The minimum absolute atomic E-state index is 0.0833. The van der Waals surface area contributed by atoms with Crippen LogP contribution in [0, 0.1) is 0 Å². The largest absolute Gasteiger partial charge is 0.454 e. The Hall–Kier alpha value is -3.83. The van der Waals surface area contributed by atoms with Gasteiger partial charge in [-0.15, -0.1) is 10.2 Å². The van der Waals surface area contributed by atoms with Gasteiger partial charge in [0, 0.05) is 23.2 Å². The third kappa shape index (κ3) is 5.00. The van der Waals surface area contributed by atoms with Crippen molar-refractivity contribution >= 4 is 33.2 Å². The lowest BCUT2D eigenvalue weighted by Gasteiger charge is -2.11. The summed E-state index contributed by atoms with van der Waals surface area (Å²) < 4.78 is 36.0. The average Bonchev–Trinajstić information content (AvgIpc) is 3.49. The number of ether oxygens (including phenoxy) is 2. The molecule has 1 amide bonds. The maximum atomic E-state index is 12.6. The first-order chi connectivity index (χ1) is 16.9. The molecule has 1 N–H and O–H groups in total. The molecule has 11 heteroatoms. The summed E-state index contributed by atoms with van der Waals surface area (Å²) in [6, 6.07) is 21.2. The van der Waals surface area contributed by atoms with Gasteiger partial charge in [-0.2, -0.15) is 0 Å². The van der Waals surface area contributed by atoms with Gasteiger partial charge in [-0.1, -0.05) is 30.0 Å². The van der Waals surface area contributed by atoms with Crippen molar-refractivity contribution in [3.8, 4) is 28.6 Å². The number of amides is 1. The van der Waals surface area contributed by atoms with Crippen LogP contribution in [0.5, 0.6) is 11.5 Å². The molecule has 9 nitrogen and oxygen atoms in total. The van der Waals surface area contributed by atoms with Gasteiger partial charge in [0.1, 0.15) is 0 Å². The van der Waals surface area contributed by atoms with Gasteiger partial charge >= 0.3 is 0 Å². The Labute approximate surface area is 206 Å². The molecule has 0 unspecified atom stereocenters. The lowest BCUT2D eigenvalue weighted by Crippen LogP contribution is -2.14. The Morgan fingerprint density at radius 2 is 1.74 bits per heavy atom. The van der Waals surface area contributed by atoms with Gasteiger partial charge in [0.2, 0.25) is 12.7 Å². The van der Waals surface area contributed by atoms with E-state index in [0.29, 0.717) is 28.2 Å². The van der Waals surface area contributed by atoms with Crippen LogP contribution in [0.2, 0.25) is 0 Å². The molecular weight excluding hydrogens is 488 g/mol. The van der Waals surface area contributed by atoms with Crippen molar-refractivity contribution in [1.82, 2.24) is 14.8 Å². The molecule has 5 rings (SSSR count).